The Hall–Kier alpha value is -2.34. The molecule has 118 valence electrons. The van der Waals surface area contributed by atoms with Gasteiger partial charge in [-0.25, -0.2) is 5.43 Å². The maximum absolute atomic E-state index is 12.2. The first kappa shape index (κ1) is 15.6. The Morgan fingerprint density at radius 2 is 1.87 bits per heavy atom. The van der Waals surface area contributed by atoms with Crippen LogP contribution in [0.25, 0.3) is 0 Å². The van der Waals surface area contributed by atoms with E-state index in [9.17, 15) is 4.79 Å². The molecule has 2 aromatic rings. The summed E-state index contributed by atoms with van der Waals surface area (Å²) in [5, 5.41) is 4.12. The molecule has 1 amide bonds. The third-order valence-electron chi connectivity index (χ3n) is 3.40. The van der Waals surface area contributed by atoms with Gasteiger partial charge in [0.2, 0.25) is 6.10 Å². The first-order valence-electron chi connectivity index (χ1n) is 7.12. The fraction of sp³-hybridized carbons (Fsp3) is 0.176. The number of para-hydroxylation sites is 2. The van der Waals surface area contributed by atoms with Gasteiger partial charge in [0, 0.05) is 4.47 Å². The summed E-state index contributed by atoms with van der Waals surface area (Å²) < 4.78 is 12.1. The SMILES string of the molecule is C/C(=N\NC(=O)C1COc2ccccc2O1)c1ccc(Br)cc1. The zero-order valence-electron chi connectivity index (χ0n) is 12.5. The van der Waals surface area contributed by atoms with E-state index >= 15 is 0 Å². The van der Waals surface area contributed by atoms with Crippen LogP contribution in [-0.2, 0) is 4.79 Å². The number of carbonyl (C=O) groups is 1. The molecule has 1 heterocycles. The molecule has 0 bridgehead atoms. The lowest BCUT2D eigenvalue weighted by atomic mass is 10.1. The molecule has 2 aromatic carbocycles. The molecule has 1 N–H and O–H groups in total. The van der Waals surface area contributed by atoms with E-state index in [1.807, 2.05) is 43.3 Å². The molecule has 6 heteroatoms. The number of benzene rings is 2. The van der Waals surface area contributed by atoms with Crippen molar-refractivity contribution < 1.29 is 14.3 Å². The van der Waals surface area contributed by atoms with Crippen LogP contribution in [0.5, 0.6) is 11.5 Å². The largest absolute Gasteiger partial charge is 0.485 e. The predicted molar refractivity (Wildman–Crippen MR) is 90.8 cm³/mol. The van der Waals surface area contributed by atoms with E-state index in [1.165, 1.54) is 0 Å². The average molecular weight is 375 g/mol. The molecule has 0 aliphatic carbocycles. The number of carbonyl (C=O) groups excluding carboxylic acids is 1. The fourth-order valence-corrected chi connectivity index (χ4v) is 2.38. The normalized spacial score (nSPS) is 16.8. The maximum atomic E-state index is 12.2. The molecule has 1 aliphatic heterocycles. The van der Waals surface area contributed by atoms with E-state index < -0.39 is 6.10 Å². The van der Waals surface area contributed by atoms with Gasteiger partial charge in [-0.2, -0.15) is 5.10 Å². The molecule has 23 heavy (non-hydrogen) atoms. The summed E-state index contributed by atoms with van der Waals surface area (Å²) in [5.41, 5.74) is 4.17. The number of nitrogens with one attached hydrogen (secondary N) is 1. The molecule has 0 radical (unpaired) electrons. The van der Waals surface area contributed by atoms with Crippen LogP contribution >= 0.6 is 15.9 Å². The van der Waals surface area contributed by atoms with Crippen molar-refractivity contribution in [1.82, 2.24) is 5.43 Å². The zero-order chi connectivity index (χ0) is 16.2. The molecule has 0 spiro atoms. The first-order chi connectivity index (χ1) is 11.1. The number of amides is 1. The number of hydrazone groups is 1. The number of ether oxygens (including phenoxy) is 2. The molecule has 1 unspecified atom stereocenters. The number of hydrogen-bond acceptors (Lipinski definition) is 4. The van der Waals surface area contributed by atoms with Crippen molar-refractivity contribution in [2.45, 2.75) is 13.0 Å². The van der Waals surface area contributed by atoms with Crippen LogP contribution in [-0.4, -0.2) is 24.3 Å². The molecule has 0 fully saturated rings. The molecule has 3 rings (SSSR count). The van der Waals surface area contributed by atoms with Gasteiger partial charge in [-0.1, -0.05) is 40.2 Å². The standard InChI is InChI=1S/C17H15BrN2O3/c1-11(12-6-8-13(18)9-7-12)19-20-17(21)16-10-22-14-4-2-3-5-15(14)23-16/h2-9,16H,10H2,1H3,(H,20,21)/b19-11+. The third-order valence-corrected chi connectivity index (χ3v) is 3.93. The Labute approximate surface area is 142 Å². The van der Waals surface area contributed by atoms with Crippen LogP contribution in [0.1, 0.15) is 12.5 Å². The quantitative estimate of drug-likeness (QED) is 0.663. The van der Waals surface area contributed by atoms with Crippen LogP contribution in [0.3, 0.4) is 0 Å². The van der Waals surface area contributed by atoms with E-state index in [-0.39, 0.29) is 12.5 Å². The van der Waals surface area contributed by atoms with Crippen LogP contribution < -0.4 is 14.9 Å². The van der Waals surface area contributed by atoms with Gasteiger partial charge in [0.25, 0.3) is 5.91 Å². The number of hydrogen-bond donors (Lipinski definition) is 1. The fourth-order valence-electron chi connectivity index (χ4n) is 2.12. The van der Waals surface area contributed by atoms with E-state index in [0.717, 1.165) is 10.0 Å². The van der Waals surface area contributed by atoms with Gasteiger partial charge >= 0.3 is 0 Å². The number of halogens is 1. The van der Waals surface area contributed by atoms with Crippen molar-refractivity contribution in [1.29, 1.82) is 0 Å². The van der Waals surface area contributed by atoms with E-state index in [2.05, 4.69) is 26.5 Å². The highest BCUT2D eigenvalue weighted by molar-refractivity contribution is 9.10. The topological polar surface area (TPSA) is 59.9 Å². The van der Waals surface area contributed by atoms with Crippen molar-refractivity contribution in [2.75, 3.05) is 6.61 Å². The number of fused-ring (bicyclic) bond motifs is 1. The minimum absolute atomic E-state index is 0.162. The van der Waals surface area contributed by atoms with Crippen molar-refractivity contribution >= 4 is 27.5 Å². The molecule has 0 saturated heterocycles. The average Bonchev–Trinajstić information content (AvgIpc) is 2.59. The second-order valence-electron chi connectivity index (χ2n) is 5.04. The van der Waals surface area contributed by atoms with Gasteiger partial charge in [-0.05, 0) is 36.8 Å². The molecule has 1 aliphatic rings. The summed E-state index contributed by atoms with van der Waals surface area (Å²) in [6.07, 6.45) is -0.716. The summed E-state index contributed by atoms with van der Waals surface area (Å²) >= 11 is 3.38. The lowest BCUT2D eigenvalue weighted by Crippen LogP contribution is -2.42. The smallest absolute Gasteiger partial charge is 0.284 e. The van der Waals surface area contributed by atoms with Crippen LogP contribution in [0, 0.1) is 0 Å². The molecule has 0 aromatic heterocycles. The van der Waals surface area contributed by atoms with Gasteiger partial charge in [-0.3, -0.25) is 4.79 Å². The summed E-state index contributed by atoms with van der Waals surface area (Å²) in [7, 11) is 0. The Balaban J connectivity index is 1.63. The summed E-state index contributed by atoms with van der Waals surface area (Å²) in [6.45, 7) is 1.99. The summed E-state index contributed by atoms with van der Waals surface area (Å²) in [6, 6.07) is 14.9. The van der Waals surface area contributed by atoms with Gasteiger partial charge in [-0.15, -0.1) is 0 Å². The Bertz CT molecular complexity index is 744. The van der Waals surface area contributed by atoms with Crippen LogP contribution in [0.4, 0.5) is 0 Å². The van der Waals surface area contributed by atoms with Gasteiger partial charge in [0.1, 0.15) is 6.61 Å². The van der Waals surface area contributed by atoms with Crippen molar-refractivity contribution in [3.63, 3.8) is 0 Å². The highest BCUT2D eigenvalue weighted by atomic mass is 79.9. The molecule has 5 nitrogen and oxygen atoms in total. The van der Waals surface area contributed by atoms with Crippen LogP contribution in [0.15, 0.2) is 58.1 Å². The molecule has 0 saturated carbocycles. The number of nitrogens with zero attached hydrogens (tertiary/aromatic N) is 1. The highest BCUT2D eigenvalue weighted by Gasteiger charge is 2.27. The van der Waals surface area contributed by atoms with Crippen LogP contribution in [0.2, 0.25) is 0 Å². The Morgan fingerprint density at radius 1 is 1.17 bits per heavy atom. The van der Waals surface area contributed by atoms with Crippen molar-refractivity contribution in [3.05, 3.63) is 58.6 Å². The lowest BCUT2D eigenvalue weighted by Gasteiger charge is -2.24. The molecule has 1 atom stereocenters. The molecular weight excluding hydrogens is 360 g/mol. The minimum Gasteiger partial charge on any atom is -0.485 e. The second-order valence-corrected chi connectivity index (χ2v) is 5.96. The predicted octanol–water partition coefficient (Wildman–Crippen LogP) is 3.13. The van der Waals surface area contributed by atoms with E-state index in [4.69, 9.17) is 9.47 Å². The van der Waals surface area contributed by atoms with E-state index in [1.54, 1.807) is 12.1 Å². The van der Waals surface area contributed by atoms with Gasteiger partial charge < -0.3 is 9.47 Å². The summed E-state index contributed by atoms with van der Waals surface area (Å²) in [5.74, 6) is 0.870. The third kappa shape index (κ3) is 3.71. The van der Waals surface area contributed by atoms with Crippen molar-refractivity contribution in [2.24, 2.45) is 5.10 Å². The highest BCUT2D eigenvalue weighted by Crippen LogP contribution is 2.30. The van der Waals surface area contributed by atoms with Gasteiger partial charge in [0.05, 0.1) is 5.71 Å². The Morgan fingerprint density at radius 3 is 2.61 bits per heavy atom. The summed E-state index contributed by atoms with van der Waals surface area (Å²) in [4.78, 5) is 12.2. The first-order valence-corrected chi connectivity index (χ1v) is 7.91. The molecular formula is C17H15BrN2O3. The lowest BCUT2D eigenvalue weighted by molar-refractivity contribution is -0.130. The second kappa shape index (κ2) is 6.83. The minimum atomic E-state index is -0.716. The number of rotatable bonds is 3. The monoisotopic (exact) mass is 374 g/mol. The van der Waals surface area contributed by atoms with E-state index in [0.29, 0.717) is 17.2 Å². The zero-order valence-corrected chi connectivity index (χ0v) is 14.0. The van der Waals surface area contributed by atoms with Gasteiger partial charge in [0.15, 0.2) is 11.5 Å². The van der Waals surface area contributed by atoms with Crippen molar-refractivity contribution in [3.8, 4) is 11.5 Å². The Kier molecular flexibility index (Phi) is 4.62. The maximum Gasteiger partial charge on any atom is 0.284 e.